The lowest BCUT2D eigenvalue weighted by Crippen LogP contribution is -2.12. The second-order valence-corrected chi connectivity index (χ2v) is 6.21. The van der Waals surface area contributed by atoms with Crippen LogP contribution in [0.25, 0.3) is 10.8 Å². The maximum absolute atomic E-state index is 12.1. The molecule has 0 unspecified atom stereocenters. The van der Waals surface area contributed by atoms with Gasteiger partial charge >= 0.3 is 0 Å². The molecule has 1 aromatic heterocycles. The summed E-state index contributed by atoms with van der Waals surface area (Å²) >= 11 is 1.72. The van der Waals surface area contributed by atoms with Crippen molar-refractivity contribution in [2.45, 2.75) is 17.7 Å². The fourth-order valence-electron chi connectivity index (χ4n) is 2.43. The third kappa shape index (κ3) is 4.11. The van der Waals surface area contributed by atoms with E-state index in [2.05, 4.69) is 40.8 Å². The number of nitrogens with zero attached hydrogens (tertiary/aromatic N) is 1. The van der Waals surface area contributed by atoms with Crippen molar-refractivity contribution >= 4 is 34.1 Å². The van der Waals surface area contributed by atoms with Crippen molar-refractivity contribution in [3.05, 3.63) is 66.5 Å². The van der Waals surface area contributed by atoms with E-state index in [4.69, 9.17) is 0 Å². The van der Waals surface area contributed by atoms with Gasteiger partial charge in [0.05, 0.1) is 0 Å². The van der Waals surface area contributed by atoms with Crippen molar-refractivity contribution in [1.82, 2.24) is 4.98 Å². The van der Waals surface area contributed by atoms with Crippen LogP contribution in [0.2, 0.25) is 0 Å². The third-order valence-corrected chi connectivity index (χ3v) is 4.47. The summed E-state index contributed by atoms with van der Waals surface area (Å²) in [6, 6.07) is 16.2. The van der Waals surface area contributed by atoms with Crippen LogP contribution in [0.5, 0.6) is 0 Å². The summed E-state index contributed by atoms with van der Waals surface area (Å²) in [5, 5.41) is 5.11. The lowest BCUT2D eigenvalue weighted by atomic mass is 10.1. The highest BCUT2D eigenvalue weighted by molar-refractivity contribution is 7.98. The van der Waals surface area contributed by atoms with Gasteiger partial charge in [-0.05, 0) is 54.0 Å². The lowest BCUT2D eigenvalue weighted by molar-refractivity contribution is -0.116. The summed E-state index contributed by atoms with van der Waals surface area (Å²) in [7, 11) is 0. The molecule has 3 rings (SSSR count). The average Bonchev–Trinajstić information content (AvgIpc) is 2.60. The van der Waals surface area contributed by atoms with Crippen LogP contribution in [0.4, 0.5) is 5.69 Å². The normalized spacial score (nSPS) is 10.7. The quantitative estimate of drug-likeness (QED) is 0.702. The Kier molecular flexibility index (Phi) is 4.93. The number of benzene rings is 2. The number of hydrogen-bond acceptors (Lipinski definition) is 3. The van der Waals surface area contributed by atoms with E-state index in [-0.39, 0.29) is 5.91 Å². The first kappa shape index (κ1) is 15.6. The zero-order valence-electron chi connectivity index (χ0n) is 13.0. The van der Waals surface area contributed by atoms with E-state index < -0.39 is 0 Å². The predicted octanol–water partition coefficient (Wildman–Crippen LogP) is 4.53. The minimum absolute atomic E-state index is 0.0346. The van der Waals surface area contributed by atoms with Gasteiger partial charge < -0.3 is 5.32 Å². The second-order valence-electron chi connectivity index (χ2n) is 5.33. The van der Waals surface area contributed by atoms with Crippen molar-refractivity contribution in [3.8, 4) is 0 Å². The van der Waals surface area contributed by atoms with Crippen molar-refractivity contribution in [3.63, 3.8) is 0 Å². The fourth-order valence-corrected chi connectivity index (χ4v) is 2.84. The predicted molar refractivity (Wildman–Crippen MR) is 96.9 cm³/mol. The van der Waals surface area contributed by atoms with Gasteiger partial charge in [-0.2, -0.15) is 0 Å². The Morgan fingerprint density at radius 2 is 1.91 bits per heavy atom. The largest absolute Gasteiger partial charge is 0.326 e. The Hall–Kier alpha value is -2.33. The van der Waals surface area contributed by atoms with E-state index in [9.17, 15) is 4.79 Å². The summed E-state index contributed by atoms with van der Waals surface area (Å²) in [4.78, 5) is 17.4. The minimum atomic E-state index is 0.0346. The summed E-state index contributed by atoms with van der Waals surface area (Å²) in [5.74, 6) is 0.0346. The second kappa shape index (κ2) is 7.29. The Morgan fingerprint density at radius 1 is 1.09 bits per heavy atom. The number of carbonyl (C=O) groups excluding carboxylic acids is 1. The molecule has 0 atom stereocenters. The van der Waals surface area contributed by atoms with Crippen LogP contribution < -0.4 is 5.32 Å². The minimum Gasteiger partial charge on any atom is -0.326 e. The van der Waals surface area contributed by atoms with Crippen LogP contribution in [0.3, 0.4) is 0 Å². The summed E-state index contributed by atoms with van der Waals surface area (Å²) in [6.45, 7) is 0. The van der Waals surface area contributed by atoms with E-state index in [1.165, 1.54) is 10.5 Å². The van der Waals surface area contributed by atoms with Crippen molar-refractivity contribution < 1.29 is 4.79 Å². The molecule has 116 valence electrons. The van der Waals surface area contributed by atoms with E-state index in [0.717, 1.165) is 22.9 Å². The molecule has 0 radical (unpaired) electrons. The molecule has 1 N–H and O–H groups in total. The number of anilines is 1. The van der Waals surface area contributed by atoms with Gasteiger partial charge in [0.15, 0.2) is 0 Å². The van der Waals surface area contributed by atoms with E-state index in [0.29, 0.717) is 6.42 Å². The molecule has 1 amide bonds. The molecule has 3 aromatic rings. The molecule has 0 aliphatic heterocycles. The Morgan fingerprint density at radius 3 is 2.70 bits per heavy atom. The number of rotatable bonds is 5. The first-order valence-electron chi connectivity index (χ1n) is 7.51. The van der Waals surface area contributed by atoms with Gasteiger partial charge in [0.1, 0.15) is 0 Å². The zero-order valence-corrected chi connectivity index (χ0v) is 13.8. The van der Waals surface area contributed by atoms with Gasteiger partial charge in [0, 0.05) is 34.8 Å². The molecule has 0 aliphatic carbocycles. The van der Waals surface area contributed by atoms with Crippen LogP contribution in [-0.2, 0) is 11.2 Å². The number of pyridine rings is 1. The number of carbonyl (C=O) groups is 1. The molecule has 23 heavy (non-hydrogen) atoms. The molecule has 0 fully saturated rings. The van der Waals surface area contributed by atoms with Gasteiger partial charge in [-0.1, -0.05) is 18.2 Å². The number of aromatic nitrogens is 1. The van der Waals surface area contributed by atoms with E-state index >= 15 is 0 Å². The molecule has 0 spiro atoms. The topological polar surface area (TPSA) is 42.0 Å². The maximum Gasteiger partial charge on any atom is 0.224 e. The van der Waals surface area contributed by atoms with Crippen molar-refractivity contribution in [2.24, 2.45) is 0 Å². The molecule has 0 bridgehead atoms. The van der Waals surface area contributed by atoms with Crippen LogP contribution in [0, 0.1) is 0 Å². The van der Waals surface area contributed by atoms with Crippen molar-refractivity contribution in [1.29, 1.82) is 0 Å². The number of hydrogen-bond donors (Lipinski definition) is 1. The Labute approximate surface area is 140 Å². The molecule has 2 aromatic carbocycles. The highest BCUT2D eigenvalue weighted by Gasteiger charge is 2.04. The average molecular weight is 322 g/mol. The third-order valence-electron chi connectivity index (χ3n) is 3.72. The van der Waals surface area contributed by atoms with Crippen LogP contribution in [0.1, 0.15) is 12.0 Å². The lowest BCUT2D eigenvalue weighted by Gasteiger charge is -2.07. The van der Waals surface area contributed by atoms with Gasteiger partial charge in [-0.3, -0.25) is 9.78 Å². The van der Waals surface area contributed by atoms with Gasteiger partial charge in [-0.15, -0.1) is 11.8 Å². The molecular formula is C19H18N2OS. The summed E-state index contributed by atoms with van der Waals surface area (Å²) in [6.07, 6.45) is 6.86. The molecule has 3 nitrogen and oxygen atoms in total. The van der Waals surface area contributed by atoms with Gasteiger partial charge in [0.25, 0.3) is 0 Å². The van der Waals surface area contributed by atoms with Crippen LogP contribution in [-0.4, -0.2) is 17.1 Å². The highest BCUT2D eigenvalue weighted by atomic mass is 32.2. The molecule has 4 heteroatoms. The van der Waals surface area contributed by atoms with E-state index in [1.807, 2.05) is 30.5 Å². The number of aryl methyl sites for hydroxylation is 1. The molecule has 0 saturated heterocycles. The molecule has 1 heterocycles. The van der Waals surface area contributed by atoms with Gasteiger partial charge in [0.2, 0.25) is 5.91 Å². The highest BCUT2D eigenvalue weighted by Crippen LogP contribution is 2.19. The number of fused-ring (bicyclic) bond motifs is 1. The smallest absolute Gasteiger partial charge is 0.224 e. The van der Waals surface area contributed by atoms with E-state index in [1.54, 1.807) is 18.0 Å². The Bertz CT molecular complexity index is 815. The molecule has 0 aliphatic rings. The van der Waals surface area contributed by atoms with Crippen LogP contribution >= 0.6 is 11.8 Å². The monoisotopic (exact) mass is 322 g/mol. The van der Waals surface area contributed by atoms with Crippen molar-refractivity contribution in [2.75, 3.05) is 11.6 Å². The van der Waals surface area contributed by atoms with Gasteiger partial charge in [-0.25, -0.2) is 0 Å². The maximum atomic E-state index is 12.1. The first-order chi connectivity index (χ1) is 11.2. The summed E-state index contributed by atoms with van der Waals surface area (Å²) < 4.78 is 0. The number of nitrogens with one attached hydrogen (secondary N) is 1. The number of thioether (sulfide) groups is 1. The zero-order chi connectivity index (χ0) is 16.1. The van der Waals surface area contributed by atoms with Crippen LogP contribution in [0.15, 0.2) is 65.8 Å². The fraction of sp³-hybridized carbons (Fsp3) is 0.158. The number of amides is 1. The Balaban J connectivity index is 1.59. The first-order valence-corrected chi connectivity index (χ1v) is 8.73. The summed E-state index contributed by atoms with van der Waals surface area (Å²) in [5.41, 5.74) is 2.01. The molecular weight excluding hydrogens is 304 g/mol. The standard InChI is InChI=1S/C19H18N2OS/c1-23-18-7-2-14(3-8-18)4-9-19(22)21-17-6-5-16-13-20-11-10-15(16)12-17/h2-3,5-8,10-13H,4,9H2,1H3,(H,21,22). The SMILES string of the molecule is CSc1ccc(CCC(=O)Nc2ccc3cnccc3c2)cc1. The molecule has 0 saturated carbocycles.